The lowest BCUT2D eigenvalue weighted by Gasteiger charge is -2.30. The fourth-order valence-corrected chi connectivity index (χ4v) is 2.19. The predicted octanol–water partition coefficient (Wildman–Crippen LogP) is 1.93. The van der Waals surface area contributed by atoms with Gasteiger partial charge in [-0.2, -0.15) is 0 Å². The summed E-state index contributed by atoms with van der Waals surface area (Å²) in [4.78, 5) is 16.4. The first-order valence-electron chi connectivity index (χ1n) is 6.84. The summed E-state index contributed by atoms with van der Waals surface area (Å²) in [5.41, 5.74) is 0.802. The van der Waals surface area contributed by atoms with Crippen LogP contribution in [0.5, 0.6) is 11.5 Å². The maximum Gasteiger partial charge on any atom is 0.265 e. The van der Waals surface area contributed by atoms with E-state index in [4.69, 9.17) is 9.47 Å². The van der Waals surface area contributed by atoms with E-state index in [0.717, 1.165) is 5.69 Å². The minimum atomic E-state index is -0.663. The molecule has 2 heterocycles. The minimum absolute atomic E-state index is 0.206. The van der Waals surface area contributed by atoms with Crippen molar-refractivity contribution in [2.75, 3.05) is 0 Å². The van der Waals surface area contributed by atoms with Crippen LogP contribution in [0.15, 0.2) is 48.7 Å². The third-order valence-electron chi connectivity index (χ3n) is 3.27. The molecule has 2 unspecified atom stereocenters. The van der Waals surface area contributed by atoms with Crippen molar-refractivity contribution >= 4 is 5.91 Å². The van der Waals surface area contributed by atoms with Crippen molar-refractivity contribution in [2.24, 2.45) is 0 Å². The van der Waals surface area contributed by atoms with Crippen molar-refractivity contribution in [3.63, 3.8) is 0 Å². The summed E-state index contributed by atoms with van der Waals surface area (Å²) in [5, 5.41) is 2.82. The van der Waals surface area contributed by atoms with Gasteiger partial charge in [0.15, 0.2) is 11.5 Å². The van der Waals surface area contributed by atoms with Crippen LogP contribution in [-0.2, 0) is 11.3 Å². The second kappa shape index (κ2) is 5.83. The summed E-state index contributed by atoms with van der Waals surface area (Å²) < 4.78 is 11.5. The molecule has 0 bridgehead atoms. The highest BCUT2D eigenvalue weighted by Gasteiger charge is 2.33. The molecule has 1 aromatic heterocycles. The monoisotopic (exact) mass is 284 g/mol. The lowest BCUT2D eigenvalue weighted by Crippen LogP contribution is -2.48. The zero-order valence-electron chi connectivity index (χ0n) is 11.7. The average molecular weight is 284 g/mol. The molecule has 0 radical (unpaired) electrons. The van der Waals surface area contributed by atoms with E-state index in [1.165, 1.54) is 0 Å². The van der Waals surface area contributed by atoms with Crippen molar-refractivity contribution in [1.82, 2.24) is 10.3 Å². The molecule has 1 aromatic carbocycles. The number of rotatable bonds is 3. The largest absolute Gasteiger partial charge is 0.482 e. The summed E-state index contributed by atoms with van der Waals surface area (Å²) in [6.45, 7) is 2.19. The van der Waals surface area contributed by atoms with Gasteiger partial charge in [0, 0.05) is 6.20 Å². The smallest absolute Gasteiger partial charge is 0.265 e. The van der Waals surface area contributed by atoms with Gasteiger partial charge in [-0.1, -0.05) is 18.2 Å². The molecule has 0 saturated heterocycles. The Morgan fingerprint density at radius 2 is 1.86 bits per heavy atom. The van der Waals surface area contributed by atoms with E-state index in [9.17, 15) is 4.79 Å². The molecular formula is C16H16N2O3. The van der Waals surface area contributed by atoms with Gasteiger partial charge in [-0.05, 0) is 31.2 Å². The van der Waals surface area contributed by atoms with Gasteiger partial charge in [-0.3, -0.25) is 9.78 Å². The van der Waals surface area contributed by atoms with Crippen LogP contribution in [0, 0.1) is 0 Å². The Morgan fingerprint density at radius 3 is 2.57 bits per heavy atom. The Labute approximate surface area is 122 Å². The van der Waals surface area contributed by atoms with Gasteiger partial charge in [-0.15, -0.1) is 0 Å². The highest BCUT2D eigenvalue weighted by Crippen LogP contribution is 2.33. The van der Waals surface area contributed by atoms with Crippen molar-refractivity contribution < 1.29 is 14.3 Å². The number of carbonyl (C=O) groups is 1. The maximum atomic E-state index is 12.2. The molecule has 5 heteroatoms. The Balaban J connectivity index is 1.65. The number of nitrogens with zero attached hydrogens (tertiary/aromatic N) is 1. The molecular weight excluding hydrogens is 268 g/mol. The SMILES string of the molecule is CC1Oc2ccccc2OC1C(=O)NCc1ccccn1. The van der Waals surface area contributed by atoms with Crippen LogP contribution < -0.4 is 14.8 Å². The second-order valence-electron chi connectivity index (χ2n) is 4.85. The van der Waals surface area contributed by atoms with Gasteiger partial charge in [0.25, 0.3) is 5.91 Å². The summed E-state index contributed by atoms with van der Waals surface area (Å²) in [7, 11) is 0. The van der Waals surface area contributed by atoms with Gasteiger partial charge in [0.05, 0.1) is 12.2 Å². The lowest BCUT2D eigenvalue weighted by atomic mass is 10.1. The first-order chi connectivity index (χ1) is 10.2. The summed E-state index contributed by atoms with van der Waals surface area (Å²) in [5.74, 6) is 1.05. The molecule has 5 nitrogen and oxygen atoms in total. The van der Waals surface area contributed by atoms with Gasteiger partial charge in [-0.25, -0.2) is 0 Å². The molecule has 2 aromatic rings. The number of fused-ring (bicyclic) bond motifs is 1. The van der Waals surface area contributed by atoms with Gasteiger partial charge in [0.1, 0.15) is 6.10 Å². The molecule has 1 N–H and O–H groups in total. The Morgan fingerprint density at radius 1 is 1.14 bits per heavy atom. The predicted molar refractivity (Wildman–Crippen MR) is 77.0 cm³/mol. The molecule has 21 heavy (non-hydrogen) atoms. The van der Waals surface area contributed by atoms with Crippen LogP contribution in [0.25, 0.3) is 0 Å². The Bertz CT molecular complexity index is 630. The van der Waals surface area contributed by atoms with E-state index in [1.807, 2.05) is 43.3 Å². The lowest BCUT2D eigenvalue weighted by molar-refractivity contribution is -0.133. The van der Waals surface area contributed by atoms with Crippen molar-refractivity contribution in [1.29, 1.82) is 0 Å². The summed E-state index contributed by atoms with van der Waals surface area (Å²) in [6, 6.07) is 12.9. The van der Waals surface area contributed by atoms with Crippen molar-refractivity contribution in [2.45, 2.75) is 25.7 Å². The number of amides is 1. The van der Waals surface area contributed by atoms with E-state index in [0.29, 0.717) is 18.0 Å². The third kappa shape index (κ3) is 2.97. The zero-order valence-corrected chi connectivity index (χ0v) is 11.7. The zero-order chi connectivity index (χ0) is 14.7. The molecule has 108 valence electrons. The Hall–Kier alpha value is -2.56. The fourth-order valence-electron chi connectivity index (χ4n) is 2.19. The summed E-state index contributed by atoms with van der Waals surface area (Å²) in [6.07, 6.45) is 0.688. The van der Waals surface area contributed by atoms with Crippen LogP contribution in [-0.4, -0.2) is 23.1 Å². The molecule has 2 atom stereocenters. The first kappa shape index (κ1) is 13.4. The number of hydrogen-bond donors (Lipinski definition) is 1. The van der Waals surface area contributed by atoms with Crippen molar-refractivity contribution in [3.8, 4) is 11.5 Å². The number of carbonyl (C=O) groups excluding carboxylic acids is 1. The normalized spacial score (nSPS) is 19.9. The third-order valence-corrected chi connectivity index (χ3v) is 3.27. The van der Waals surface area contributed by atoms with Gasteiger partial charge < -0.3 is 14.8 Å². The number of nitrogens with one attached hydrogen (secondary N) is 1. The number of benzene rings is 1. The molecule has 0 spiro atoms. The van der Waals surface area contributed by atoms with Crippen LogP contribution in [0.3, 0.4) is 0 Å². The highest BCUT2D eigenvalue weighted by atomic mass is 16.6. The first-order valence-corrected chi connectivity index (χ1v) is 6.84. The molecule has 0 saturated carbocycles. The molecule has 1 aliphatic rings. The standard InChI is InChI=1S/C16H16N2O3/c1-11-15(21-14-8-3-2-7-13(14)20-11)16(19)18-10-12-6-4-5-9-17-12/h2-9,11,15H,10H2,1H3,(H,18,19). The molecule has 1 aliphatic heterocycles. The van der Waals surface area contributed by atoms with E-state index in [2.05, 4.69) is 10.3 Å². The fraction of sp³-hybridized carbons (Fsp3) is 0.250. The maximum absolute atomic E-state index is 12.2. The number of para-hydroxylation sites is 2. The van der Waals surface area contributed by atoms with Crippen molar-refractivity contribution in [3.05, 3.63) is 54.4 Å². The topological polar surface area (TPSA) is 60.5 Å². The van der Waals surface area contributed by atoms with Crippen LogP contribution in [0.1, 0.15) is 12.6 Å². The van der Waals surface area contributed by atoms with Gasteiger partial charge >= 0.3 is 0 Å². The number of aromatic nitrogens is 1. The second-order valence-corrected chi connectivity index (χ2v) is 4.85. The number of pyridine rings is 1. The van der Waals surface area contributed by atoms with Crippen LogP contribution in [0.2, 0.25) is 0 Å². The highest BCUT2D eigenvalue weighted by molar-refractivity contribution is 5.82. The quantitative estimate of drug-likeness (QED) is 0.935. The van der Waals surface area contributed by atoms with Crippen LogP contribution >= 0.6 is 0 Å². The van der Waals surface area contributed by atoms with E-state index < -0.39 is 6.10 Å². The number of hydrogen-bond acceptors (Lipinski definition) is 4. The molecule has 0 aliphatic carbocycles. The Kier molecular flexibility index (Phi) is 3.73. The minimum Gasteiger partial charge on any atom is -0.482 e. The average Bonchev–Trinajstić information content (AvgIpc) is 2.53. The van der Waals surface area contributed by atoms with Crippen LogP contribution in [0.4, 0.5) is 0 Å². The van der Waals surface area contributed by atoms with Gasteiger partial charge in [0.2, 0.25) is 6.10 Å². The van der Waals surface area contributed by atoms with E-state index in [-0.39, 0.29) is 12.0 Å². The van der Waals surface area contributed by atoms with E-state index >= 15 is 0 Å². The summed E-state index contributed by atoms with van der Waals surface area (Å²) >= 11 is 0. The molecule has 1 amide bonds. The molecule has 3 rings (SSSR count). The van der Waals surface area contributed by atoms with E-state index in [1.54, 1.807) is 12.3 Å². The number of ether oxygens (including phenoxy) is 2. The molecule has 0 fully saturated rings.